The summed E-state index contributed by atoms with van der Waals surface area (Å²) in [6.45, 7) is 1.04. The van der Waals surface area contributed by atoms with Crippen molar-refractivity contribution in [2.24, 2.45) is 0 Å². The van der Waals surface area contributed by atoms with Gasteiger partial charge in [-0.3, -0.25) is 4.79 Å². The van der Waals surface area contributed by atoms with Crippen LogP contribution in [0.2, 0.25) is 5.54 Å². The average Bonchev–Trinajstić information content (AvgIpc) is 1.62. The zero-order valence-corrected chi connectivity index (χ0v) is 8.77. The molecule has 0 aliphatic heterocycles. The van der Waals surface area contributed by atoms with Gasteiger partial charge in [0, 0.05) is 0 Å². The second-order valence-corrected chi connectivity index (χ2v) is 3.99. The largest absolute Gasteiger partial charge is 1.00 e. The van der Waals surface area contributed by atoms with Crippen molar-refractivity contribution in [3.05, 3.63) is 0 Å². The molecule has 0 aromatic heterocycles. The molecule has 10 heavy (non-hydrogen) atoms. The minimum atomic E-state index is -4.42. The van der Waals surface area contributed by atoms with Gasteiger partial charge in [-0.15, -0.1) is 0 Å². The zero-order valence-electron chi connectivity index (χ0n) is 6.77. The van der Waals surface area contributed by atoms with E-state index in [1.54, 1.807) is 0 Å². The first-order valence-corrected chi connectivity index (χ1v) is 4.17. The number of hydrogen-bond acceptors (Lipinski definition) is 4. The van der Waals surface area contributed by atoms with Gasteiger partial charge in [0.25, 0.3) is 0 Å². The van der Waals surface area contributed by atoms with Crippen LogP contribution >= 0.6 is 0 Å². The van der Waals surface area contributed by atoms with E-state index in [-0.39, 0.29) is 31.0 Å². The van der Waals surface area contributed by atoms with E-state index in [1.807, 2.05) is 0 Å². The fourth-order valence-corrected chi connectivity index (χ4v) is 0.497. The van der Waals surface area contributed by atoms with Crippen molar-refractivity contribution in [3.63, 3.8) is 0 Å². The molecule has 0 radical (unpaired) electrons. The number of carboxylic acid groups (broad SMARTS) is 1. The molecule has 1 atom stereocenters. The van der Waals surface area contributed by atoms with Gasteiger partial charge >= 0.3 is 44.3 Å². The molecule has 0 spiro atoms. The van der Waals surface area contributed by atoms with Crippen LogP contribution in [0.4, 0.5) is 0 Å². The first-order chi connectivity index (χ1) is 3.85. The van der Waals surface area contributed by atoms with E-state index in [4.69, 9.17) is 19.5 Å². The number of rotatable bonds is 2. The van der Waals surface area contributed by atoms with Crippen LogP contribution in [0, 0.1) is 0 Å². The smallest absolute Gasteiger partial charge is 1.00 e. The van der Waals surface area contributed by atoms with Gasteiger partial charge in [0.2, 0.25) is 0 Å². The molecule has 0 saturated carbocycles. The standard InChI is InChI=1S/C3H8O5Si.Na.H/c1-2(3(4)5)9(6,7)8;;/h2,6-8H,1H3,(H,4,5);;/q;+1;-1. The molecule has 56 valence electrons. The van der Waals surface area contributed by atoms with Crippen molar-refractivity contribution in [1.82, 2.24) is 0 Å². The zero-order chi connectivity index (χ0) is 7.65. The molecule has 0 rings (SSSR count). The number of carboxylic acids is 1. The quantitative estimate of drug-likeness (QED) is 0.318. The molecule has 0 aromatic rings. The third-order valence-corrected chi connectivity index (χ3v) is 2.36. The fraction of sp³-hybridized carbons (Fsp3) is 0.667. The SMILES string of the molecule is CC(C(=O)O)[Si](O)(O)O.[H-].[Na+]. The topological polar surface area (TPSA) is 98.0 Å². The molecular weight excluding hydrogens is 167 g/mol. The first-order valence-electron chi connectivity index (χ1n) is 2.25. The predicted molar refractivity (Wildman–Crippen MR) is 30.6 cm³/mol. The summed E-state index contributed by atoms with van der Waals surface area (Å²) in [7, 11) is -4.42. The van der Waals surface area contributed by atoms with Crippen molar-refractivity contribution in [1.29, 1.82) is 0 Å². The Morgan fingerprint density at radius 3 is 1.80 bits per heavy atom. The molecule has 4 N–H and O–H groups in total. The van der Waals surface area contributed by atoms with E-state index in [2.05, 4.69) is 0 Å². The number of hydrogen-bond donors (Lipinski definition) is 4. The maximum Gasteiger partial charge on any atom is 1.00 e. The van der Waals surface area contributed by atoms with E-state index in [0.29, 0.717) is 0 Å². The van der Waals surface area contributed by atoms with Crippen molar-refractivity contribution in [3.8, 4) is 0 Å². The molecule has 0 aliphatic carbocycles. The van der Waals surface area contributed by atoms with Crippen LogP contribution in [0.1, 0.15) is 8.35 Å². The minimum absolute atomic E-state index is 0. The Bertz CT molecular complexity index is 125. The maximum absolute atomic E-state index is 9.90. The Labute approximate surface area is 82.5 Å². The van der Waals surface area contributed by atoms with Crippen molar-refractivity contribution in [2.45, 2.75) is 12.5 Å². The molecule has 0 saturated heterocycles. The van der Waals surface area contributed by atoms with Crippen molar-refractivity contribution in [2.75, 3.05) is 0 Å². The van der Waals surface area contributed by atoms with Gasteiger partial charge in [0.15, 0.2) is 0 Å². The Morgan fingerprint density at radius 1 is 1.50 bits per heavy atom. The van der Waals surface area contributed by atoms with Crippen LogP contribution in [0.3, 0.4) is 0 Å². The molecule has 0 amide bonds. The minimum Gasteiger partial charge on any atom is -1.00 e. The maximum atomic E-state index is 9.90. The molecule has 1 unspecified atom stereocenters. The van der Waals surface area contributed by atoms with Gasteiger partial charge in [-0.05, 0) is 6.92 Å². The Morgan fingerprint density at radius 2 is 1.80 bits per heavy atom. The van der Waals surface area contributed by atoms with E-state index in [0.717, 1.165) is 6.92 Å². The Balaban J connectivity index is -0.000000320. The molecule has 0 heterocycles. The second-order valence-electron chi connectivity index (χ2n) is 1.75. The van der Waals surface area contributed by atoms with Crippen LogP contribution in [0.15, 0.2) is 0 Å². The second kappa shape index (κ2) is 4.45. The third-order valence-electron chi connectivity index (χ3n) is 0.951. The van der Waals surface area contributed by atoms with Gasteiger partial charge in [0.1, 0.15) is 5.54 Å². The monoisotopic (exact) mass is 176 g/mol. The van der Waals surface area contributed by atoms with Gasteiger partial charge in [-0.1, -0.05) is 0 Å². The van der Waals surface area contributed by atoms with Gasteiger partial charge in [-0.25, -0.2) is 0 Å². The number of aliphatic carboxylic acids is 1. The van der Waals surface area contributed by atoms with Gasteiger partial charge in [-0.2, -0.15) is 0 Å². The summed E-state index contributed by atoms with van der Waals surface area (Å²) >= 11 is 0. The van der Waals surface area contributed by atoms with Gasteiger partial charge in [0.05, 0.1) is 0 Å². The van der Waals surface area contributed by atoms with Crippen LogP contribution in [-0.4, -0.2) is 34.3 Å². The fourth-order valence-electron chi connectivity index (χ4n) is 0.166. The molecule has 7 heteroatoms. The summed E-state index contributed by atoms with van der Waals surface area (Å²) in [5.74, 6) is -1.41. The van der Waals surface area contributed by atoms with E-state index >= 15 is 0 Å². The molecular formula is C3H9NaO5Si. The Kier molecular flexibility index (Phi) is 5.86. The molecule has 0 fully saturated rings. The van der Waals surface area contributed by atoms with Crippen molar-refractivity contribution < 1.29 is 55.3 Å². The molecule has 0 bridgehead atoms. The van der Waals surface area contributed by atoms with Crippen LogP contribution in [0.25, 0.3) is 0 Å². The van der Waals surface area contributed by atoms with E-state index < -0.39 is 20.3 Å². The van der Waals surface area contributed by atoms with Crippen LogP contribution in [0.5, 0.6) is 0 Å². The third kappa shape index (κ3) is 4.39. The Hall–Kier alpha value is 0.567. The summed E-state index contributed by atoms with van der Waals surface area (Å²) < 4.78 is 0. The summed E-state index contributed by atoms with van der Waals surface area (Å²) in [5.41, 5.74) is -1.46. The van der Waals surface area contributed by atoms with E-state index in [1.165, 1.54) is 0 Å². The summed E-state index contributed by atoms with van der Waals surface area (Å²) in [6.07, 6.45) is 0. The predicted octanol–water partition coefficient (Wildman–Crippen LogP) is -4.51. The summed E-state index contributed by atoms with van der Waals surface area (Å²) in [4.78, 5) is 34.9. The van der Waals surface area contributed by atoms with Crippen LogP contribution < -0.4 is 29.6 Å². The van der Waals surface area contributed by atoms with Crippen molar-refractivity contribution >= 4 is 14.8 Å². The van der Waals surface area contributed by atoms with E-state index in [9.17, 15) is 4.79 Å². The number of carbonyl (C=O) groups is 1. The molecule has 0 aliphatic rings. The van der Waals surface area contributed by atoms with Gasteiger partial charge < -0.3 is 20.9 Å². The summed E-state index contributed by atoms with van der Waals surface area (Å²) in [6, 6.07) is 0. The summed E-state index contributed by atoms with van der Waals surface area (Å²) in [5, 5.41) is 8.07. The van der Waals surface area contributed by atoms with Crippen LogP contribution in [-0.2, 0) is 4.79 Å². The normalized spacial score (nSPS) is 13.6. The average molecular weight is 176 g/mol. The first kappa shape index (κ1) is 13.2. The molecule has 0 aromatic carbocycles. The molecule has 5 nitrogen and oxygen atoms in total.